The van der Waals surface area contributed by atoms with Gasteiger partial charge in [-0.25, -0.2) is 4.39 Å². The van der Waals surface area contributed by atoms with Crippen LogP contribution in [0, 0.1) is 11.7 Å². The van der Waals surface area contributed by atoms with Gasteiger partial charge in [-0.15, -0.1) is 0 Å². The summed E-state index contributed by atoms with van der Waals surface area (Å²) in [6, 6.07) is 7.50. The van der Waals surface area contributed by atoms with Crippen LogP contribution >= 0.6 is 23.2 Å². The highest BCUT2D eigenvalue weighted by atomic mass is 35.5. The summed E-state index contributed by atoms with van der Waals surface area (Å²) in [5.74, 6) is 0.235. The first-order chi connectivity index (χ1) is 12.4. The number of fused-ring (bicyclic) bond motifs is 1. The zero-order chi connectivity index (χ0) is 18.8. The van der Waals surface area contributed by atoms with Gasteiger partial charge in [0.2, 0.25) is 0 Å². The van der Waals surface area contributed by atoms with E-state index in [4.69, 9.17) is 32.7 Å². The molecular formula is C19H18Cl2FNO3. The van der Waals surface area contributed by atoms with Crippen LogP contribution in [0.25, 0.3) is 0 Å². The van der Waals surface area contributed by atoms with Crippen LogP contribution in [-0.4, -0.2) is 19.1 Å². The summed E-state index contributed by atoms with van der Waals surface area (Å²) in [5.41, 5.74) is 0.903. The highest BCUT2D eigenvalue weighted by Gasteiger charge is 2.23. The molecule has 0 spiro atoms. The number of ether oxygens (including phenoxy) is 2. The Morgan fingerprint density at radius 2 is 1.77 bits per heavy atom. The first kappa shape index (κ1) is 18.8. The summed E-state index contributed by atoms with van der Waals surface area (Å²) in [6.07, 6.45) is 0. The molecule has 138 valence electrons. The van der Waals surface area contributed by atoms with Gasteiger partial charge in [0, 0.05) is 0 Å². The van der Waals surface area contributed by atoms with E-state index >= 15 is 0 Å². The van der Waals surface area contributed by atoms with Crippen LogP contribution in [0.3, 0.4) is 0 Å². The Bertz CT molecular complexity index is 842. The Hall–Kier alpha value is -1.98. The van der Waals surface area contributed by atoms with E-state index in [9.17, 15) is 9.18 Å². The topological polar surface area (TPSA) is 47.6 Å². The van der Waals surface area contributed by atoms with Crippen molar-refractivity contribution in [3.63, 3.8) is 0 Å². The average Bonchev–Trinajstić information content (AvgIpc) is 2.61. The van der Waals surface area contributed by atoms with Gasteiger partial charge in [0.25, 0.3) is 5.91 Å². The van der Waals surface area contributed by atoms with E-state index in [1.807, 2.05) is 32.0 Å². The van der Waals surface area contributed by atoms with E-state index in [1.54, 1.807) is 0 Å². The highest BCUT2D eigenvalue weighted by Crippen LogP contribution is 2.34. The van der Waals surface area contributed by atoms with Gasteiger partial charge >= 0.3 is 0 Å². The van der Waals surface area contributed by atoms with Crippen LogP contribution < -0.4 is 14.8 Å². The lowest BCUT2D eigenvalue weighted by Gasteiger charge is -2.25. The standard InChI is InChI=1S/C19H18Cl2FNO3/c1-10(2)18(11-3-4-16-17(7-11)26-6-5-25-16)23-19(24)12-8-15(22)14(21)9-13(12)20/h3-4,7-10,18H,5-6H2,1-2H3,(H,23,24)/t18-/m1/s1. The third kappa shape index (κ3) is 3.89. The maximum Gasteiger partial charge on any atom is 0.253 e. The molecule has 0 fully saturated rings. The molecule has 1 amide bonds. The quantitative estimate of drug-likeness (QED) is 0.735. The molecular weight excluding hydrogens is 380 g/mol. The van der Waals surface area contributed by atoms with Crippen LogP contribution in [0.15, 0.2) is 30.3 Å². The van der Waals surface area contributed by atoms with E-state index in [0.717, 1.165) is 11.6 Å². The fourth-order valence-electron chi connectivity index (χ4n) is 2.80. The molecule has 1 heterocycles. The van der Waals surface area contributed by atoms with E-state index in [-0.39, 0.29) is 27.6 Å². The van der Waals surface area contributed by atoms with Crippen molar-refractivity contribution in [1.82, 2.24) is 5.32 Å². The normalized spacial score (nSPS) is 14.2. The van der Waals surface area contributed by atoms with Crippen molar-refractivity contribution < 1.29 is 18.7 Å². The molecule has 3 rings (SSSR count). The van der Waals surface area contributed by atoms with Gasteiger partial charge in [-0.2, -0.15) is 0 Å². The number of carbonyl (C=O) groups excluding carboxylic acids is 1. The Morgan fingerprint density at radius 3 is 2.46 bits per heavy atom. The molecule has 4 nitrogen and oxygen atoms in total. The van der Waals surface area contributed by atoms with Crippen molar-refractivity contribution in [3.05, 3.63) is 57.3 Å². The zero-order valence-electron chi connectivity index (χ0n) is 14.3. The molecule has 7 heteroatoms. The third-order valence-corrected chi connectivity index (χ3v) is 4.74. The first-order valence-electron chi connectivity index (χ1n) is 8.21. The minimum Gasteiger partial charge on any atom is -0.486 e. The number of halogens is 3. The smallest absolute Gasteiger partial charge is 0.253 e. The summed E-state index contributed by atoms with van der Waals surface area (Å²) in [4.78, 5) is 12.6. The lowest BCUT2D eigenvalue weighted by Crippen LogP contribution is -2.32. The Balaban J connectivity index is 1.87. The molecule has 1 N–H and O–H groups in total. The number of benzene rings is 2. The lowest BCUT2D eigenvalue weighted by atomic mass is 9.95. The van der Waals surface area contributed by atoms with E-state index < -0.39 is 11.7 Å². The van der Waals surface area contributed by atoms with Gasteiger partial charge in [-0.05, 0) is 35.7 Å². The predicted molar refractivity (Wildman–Crippen MR) is 98.9 cm³/mol. The van der Waals surface area contributed by atoms with E-state index in [2.05, 4.69) is 5.32 Å². The van der Waals surface area contributed by atoms with Crippen LogP contribution in [0.4, 0.5) is 4.39 Å². The molecule has 0 unspecified atom stereocenters. The molecule has 2 aromatic rings. The molecule has 0 aromatic heterocycles. The molecule has 1 aliphatic rings. The summed E-state index contributed by atoms with van der Waals surface area (Å²) >= 11 is 11.7. The van der Waals surface area contributed by atoms with Crippen molar-refractivity contribution >= 4 is 29.1 Å². The van der Waals surface area contributed by atoms with Gasteiger partial charge in [0.15, 0.2) is 11.5 Å². The summed E-state index contributed by atoms with van der Waals surface area (Å²) in [7, 11) is 0. The van der Waals surface area contributed by atoms with Crippen molar-refractivity contribution in [1.29, 1.82) is 0 Å². The lowest BCUT2D eigenvalue weighted by molar-refractivity contribution is 0.0925. The number of rotatable bonds is 4. The minimum absolute atomic E-state index is 0.0387. The second kappa shape index (κ2) is 7.72. The molecule has 0 saturated heterocycles. The SMILES string of the molecule is CC(C)[C@@H](NC(=O)c1cc(F)c(Cl)cc1Cl)c1ccc2c(c1)OCCO2. The van der Waals surface area contributed by atoms with Crippen LogP contribution in [0.5, 0.6) is 11.5 Å². The van der Waals surface area contributed by atoms with Crippen LogP contribution in [0.1, 0.15) is 35.8 Å². The van der Waals surface area contributed by atoms with E-state index in [1.165, 1.54) is 6.07 Å². The summed E-state index contributed by atoms with van der Waals surface area (Å²) in [5, 5.41) is 2.88. The number of hydrogen-bond acceptors (Lipinski definition) is 3. The second-order valence-electron chi connectivity index (χ2n) is 6.34. The minimum atomic E-state index is -0.693. The predicted octanol–water partition coefficient (Wildman–Crippen LogP) is 5.03. The molecule has 0 radical (unpaired) electrons. The van der Waals surface area contributed by atoms with Gasteiger partial charge < -0.3 is 14.8 Å². The summed E-state index contributed by atoms with van der Waals surface area (Å²) < 4.78 is 24.9. The molecule has 26 heavy (non-hydrogen) atoms. The second-order valence-corrected chi connectivity index (χ2v) is 7.16. The van der Waals surface area contributed by atoms with Crippen LogP contribution in [0.2, 0.25) is 10.0 Å². The first-order valence-corrected chi connectivity index (χ1v) is 8.97. The molecule has 2 aromatic carbocycles. The fraction of sp³-hybridized carbons (Fsp3) is 0.316. The van der Waals surface area contributed by atoms with Gasteiger partial charge in [0.1, 0.15) is 19.0 Å². The largest absolute Gasteiger partial charge is 0.486 e. The van der Waals surface area contributed by atoms with E-state index in [0.29, 0.717) is 24.7 Å². The Labute approximate surface area is 161 Å². The summed E-state index contributed by atoms with van der Waals surface area (Å²) in [6.45, 7) is 4.95. The van der Waals surface area contributed by atoms with Gasteiger partial charge in [-0.1, -0.05) is 43.1 Å². The monoisotopic (exact) mass is 397 g/mol. The number of nitrogens with one attached hydrogen (secondary N) is 1. The maximum atomic E-state index is 13.7. The van der Waals surface area contributed by atoms with Crippen LogP contribution in [-0.2, 0) is 0 Å². The molecule has 0 saturated carbocycles. The number of hydrogen-bond donors (Lipinski definition) is 1. The zero-order valence-corrected chi connectivity index (χ0v) is 15.8. The van der Waals surface area contributed by atoms with Crippen molar-refractivity contribution in [3.8, 4) is 11.5 Å². The molecule has 1 aliphatic heterocycles. The number of amides is 1. The molecule has 0 bridgehead atoms. The maximum absolute atomic E-state index is 13.7. The Morgan fingerprint density at radius 1 is 1.08 bits per heavy atom. The Kier molecular flexibility index (Phi) is 5.58. The van der Waals surface area contributed by atoms with Crippen molar-refractivity contribution in [2.45, 2.75) is 19.9 Å². The van der Waals surface area contributed by atoms with Gasteiger partial charge in [0.05, 0.1) is 21.7 Å². The fourth-order valence-corrected chi connectivity index (χ4v) is 3.27. The third-order valence-electron chi connectivity index (χ3n) is 4.13. The molecule has 1 atom stereocenters. The average molecular weight is 398 g/mol. The van der Waals surface area contributed by atoms with Crippen molar-refractivity contribution in [2.75, 3.05) is 13.2 Å². The van der Waals surface area contributed by atoms with Crippen molar-refractivity contribution in [2.24, 2.45) is 5.92 Å². The molecule has 0 aliphatic carbocycles. The highest BCUT2D eigenvalue weighted by molar-refractivity contribution is 6.36. The number of carbonyl (C=O) groups is 1. The van der Waals surface area contributed by atoms with Gasteiger partial charge in [-0.3, -0.25) is 4.79 Å².